The van der Waals surface area contributed by atoms with Gasteiger partial charge >= 0.3 is 0 Å². The van der Waals surface area contributed by atoms with Crippen LogP contribution in [0.25, 0.3) is 22.4 Å². The summed E-state index contributed by atoms with van der Waals surface area (Å²) in [5.41, 5.74) is 2.17. The minimum atomic E-state index is -0.314. The smallest absolute Gasteiger partial charge is 0.291 e. The average molecular weight is 402 g/mol. The predicted molar refractivity (Wildman–Crippen MR) is 114 cm³/mol. The molecule has 2 aromatic heterocycles. The molecular formula is C23H22N4O3. The van der Waals surface area contributed by atoms with Gasteiger partial charge in [-0.25, -0.2) is 0 Å². The molecule has 1 amide bonds. The van der Waals surface area contributed by atoms with Crippen molar-refractivity contribution in [3.63, 3.8) is 0 Å². The van der Waals surface area contributed by atoms with Crippen LogP contribution in [0.1, 0.15) is 35.6 Å². The van der Waals surface area contributed by atoms with Crippen LogP contribution in [-0.2, 0) is 13.0 Å². The van der Waals surface area contributed by atoms with Gasteiger partial charge in [0.25, 0.3) is 5.91 Å². The first kappa shape index (κ1) is 18.4. The fourth-order valence-corrected chi connectivity index (χ4v) is 3.94. The van der Waals surface area contributed by atoms with Crippen molar-refractivity contribution in [3.8, 4) is 17.1 Å². The Morgan fingerprint density at radius 3 is 2.90 bits per heavy atom. The van der Waals surface area contributed by atoms with Gasteiger partial charge in [-0.05, 0) is 37.1 Å². The number of aromatic nitrogens is 3. The Labute approximate surface area is 173 Å². The summed E-state index contributed by atoms with van der Waals surface area (Å²) in [6.07, 6.45) is 4.45. The summed E-state index contributed by atoms with van der Waals surface area (Å²) in [6.45, 7) is 0.926. The number of para-hydroxylation sites is 1. The first-order chi connectivity index (χ1) is 14.7. The third-order valence-electron chi connectivity index (χ3n) is 5.44. The van der Waals surface area contributed by atoms with Crippen LogP contribution >= 0.6 is 0 Å². The van der Waals surface area contributed by atoms with Gasteiger partial charge in [-0.15, -0.1) is 10.2 Å². The summed E-state index contributed by atoms with van der Waals surface area (Å²) in [7, 11) is 1.58. The number of benzene rings is 2. The number of aryl methyl sites for hydroxylation is 1. The van der Waals surface area contributed by atoms with Crippen LogP contribution < -0.4 is 10.1 Å². The number of anilines is 1. The van der Waals surface area contributed by atoms with E-state index >= 15 is 0 Å². The molecule has 7 nitrogen and oxygen atoms in total. The molecule has 0 spiro atoms. The largest absolute Gasteiger partial charge is 0.493 e. The number of amides is 1. The van der Waals surface area contributed by atoms with Gasteiger partial charge in [0.15, 0.2) is 22.9 Å². The van der Waals surface area contributed by atoms with Gasteiger partial charge in [-0.3, -0.25) is 4.79 Å². The second-order valence-corrected chi connectivity index (χ2v) is 7.43. The maximum absolute atomic E-state index is 12.8. The molecule has 152 valence electrons. The normalized spacial score (nSPS) is 13.6. The Hall–Kier alpha value is -3.61. The molecule has 2 aromatic carbocycles. The van der Waals surface area contributed by atoms with Gasteiger partial charge in [0.2, 0.25) is 0 Å². The summed E-state index contributed by atoms with van der Waals surface area (Å²) in [5.74, 6) is 2.40. The third-order valence-corrected chi connectivity index (χ3v) is 5.44. The molecule has 0 bridgehead atoms. The Bertz CT molecular complexity index is 1220. The van der Waals surface area contributed by atoms with Crippen LogP contribution in [-0.4, -0.2) is 27.8 Å². The molecule has 0 atom stereocenters. The van der Waals surface area contributed by atoms with Gasteiger partial charge in [0.1, 0.15) is 5.82 Å². The highest BCUT2D eigenvalue weighted by atomic mass is 16.5. The standard InChI is InChI=1S/C23H22N4O3/c1-29-18-10-6-7-15-14-19(30-21(15)18)23(28)24-17-9-5-8-16(13-17)22-26-25-20-11-3-2-4-12-27(20)22/h5-10,13-14H,2-4,11-12H2,1H3,(H,24,28). The molecule has 0 radical (unpaired) electrons. The summed E-state index contributed by atoms with van der Waals surface area (Å²) in [5, 5.41) is 12.5. The molecule has 0 saturated carbocycles. The quantitative estimate of drug-likeness (QED) is 0.536. The maximum atomic E-state index is 12.8. The van der Waals surface area contributed by atoms with Crippen molar-refractivity contribution in [2.24, 2.45) is 0 Å². The fraction of sp³-hybridized carbons (Fsp3) is 0.261. The third kappa shape index (κ3) is 3.32. The van der Waals surface area contributed by atoms with Crippen LogP contribution in [0.3, 0.4) is 0 Å². The molecule has 4 aromatic rings. The summed E-state index contributed by atoms with van der Waals surface area (Å²) >= 11 is 0. The Morgan fingerprint density at radius 1 is 1.10 bits per heavy atom. The van der Waals surface area contributed by atoms with Gasteiger partial charge in [0.05, 0.1) is 7.11 Å². The Kier molecular flexibility index (Phi) is 4.71. The number of hydrogen-bond donors (Lipinski definition) is 1. The SMILES string of the molecule is COc1cccc2cc(C(=O)Nc3cccc(-c4nnc5n4CCCCC5)c3)oc12. The highest BCUT2D eigenvalue weighted by Gasteiger charge is 2.18. The topological polar surface area (TPSA) is 82.2 Å². The molecule has 0 aliphatic carbocycles. The van der Waals surface area contributed by atoms with Crippen molar-refractivity contribution in [1.29, 1.82) is 0 Å². The number of carbonyl (C=O) groups excluding carboxylic acids is 1. The maximum Gasteiger partial charge on any atom is 0.291 e. The van der Waals surface area contributed by atoms with E-state index < -0.39 is 0 Å². The number of hydrogen-bond acceptors (Lipinski definition) is 5. The zero-order valence-corrected chi connectivity index (χ0v) is 16.7. The second-order valence-electron chi connectivity index (χ2n) is 7.43. The molecule has 1 N–H and O–H groups in total. The van der Waals surface area contributed by atoms with Crippen LogP contribution in [0.4, 0.5) is 5.69 Å². The lowest BCUT2D eigenvalue weighted by atomic mass is 10.2. The molecule has 30 heavy (non-hydrogen) atoms. The van der Waals surface area contributed by atoms with Crippen LogP contribution in [0.5, 0.6) is 5.75 Å². The lowest BCUT2D eigenvalue weighted by Crippen LogP contribution is -2.11. The Morgan fingerprint density at radius 2 is 2.00 bits per heavy atom. The monoisotopic (exact) mass is 402 g/mol. The molecule has 1 aliphatic heterocycles. The molecule has 5 rings (SSSR count). The van der Waals surface area contributed by atoms with Crippen molar-refractivity contribution < 1.29 is 13.9 Å². The average Bonchev–Trinajstić information content (AvgIpc) is 3.31. The van der Waals surface area contributed by atoms with Crippen LogP contribution in [0.15, 0.2) is 52.9 Å². The molecule has 0 unspecified atom stereocenters. The van der Waals surface area contributed by atoms with Gasteiger partial charge < -0.3 is 19.0 Å². The van der Waals surface area contributed by atoms with E-state index in [1.807, 2.05) is 36.4 Å². The summed E-state index contributed by atoms with van der Waals surface area (Å²) < 4.78 is 13.3. The number of nitrogens with one attached hydrogen (secondary N) is 1. The molecule has 3 heterocycles. The molecular weight excluding hydrogens is 380 g/mol. The first-order valence-corrected chi connectivity index (χ1v) is 10.1. The summed E-state index contributed by atoms with van der Waals surface area (Å²) in [4.78, 5) is 12.8. The van der Waals surface area contributed by atoms with E-state index in [4.69, 9.17) is 9.15 Å². The van der Waals surface area contributed by atoms with Gasteiger partial charge in [0, 0.05) is 29.6 Å². The number of rotatable bonds is 4. The van der Waals surface area contributed by atoms with Crippen molar-refractivity contribution in [1.82, 2.24) is 14.8 Å². The second kappa shape index (κ2) is 7.67. The van der Waals surface area contributed by atoms with E-state index in [9.17, 15) is 4.79 Å². The number of methoxy groups -OCH3 is 1. The number of carbonyl (C=O) groups is 1. The predicted octanol–water partition coefficient (Wildman–Crippen LogP) is 4.68. The van der Waals surface area contributed by atoms with Crippen molar-refractivity contribution in [2.45, 2.75) is 32.2 Å². The van der Waals surface area contributed by atoms with Crippen LogP contribution in [0, 0.1) is 0 Å². The number of fused-ring (bicyclic) bond motifs is 2. The molecule has 0 fully saturated rings. The minimum Gasteiger partial charge on any atom is -0.493 e. The van der Waals surface area contributed by atoms with E-state index in [0.29, 0.717) is 17.0 Å². The molecule has 1 aliphatic rings. The van der Waals surface area contributed by atoms with Gasteiger partial charge in [-0.2, -0.15) is 0 Å². The van der Waals surface area contributed by atoms with Crippen LogP contribution in [0.2, 0.25) is 0 Å². The van der Waals surface area contributed by atoms with Crippen molar-refractivity contribution >= 4 is 22.6 Å². The summed E-state index contributed by atoms with van der Waals surface area (Å²) in [6, 6.07) is 14.9. The van der Waals surface area contributed by atoms with Crippen molar-refractivity contribution in [3.05, 3.63) is 60.1 Å². The van der Waals surface area contributed by atoms with E-state index in [1.54, 1.807) is 19.2 Å². The van der Waals surface area contributed by atoms with E-state index in [1.165, 1.54) is 6.42 Å². The lowest BCUT2D eigenvalue weighted by molar-refractivity contribution is 0.0998. The van der Waals surface area contributed by atoms with E-state index in [2.05, 4.69) is 20.1 Å². The highest BCUT2D eigenvalue weighted by molar-refractivity contribution is 6.05. The highest BCUT2D eigenvalue weighted by Crippen LogP contribution is 2.29. The number of ether oxygens (including phenoxy) is 1. The molecule has 7 heteroatoms. The van der Waals surface area contributed by atoms with Crippen molar-refractivity contribution in [2.75, 3.05) is 12.4 Å². The van der Waals surface area contributed by atoms with E-state index in [-0.39, 0.29) is 11.7 Å². The molecule has 0 saturated heterocycles. The first-order valence-electron chi connectivity index (χ1n) is 10.1. The fourth-order valence-electron chi connectivity index (χ4n) is 3.94. The number of furan rings is 1. The minimum absolute atomic E-state index is 0.233. The lowest BCUT2D eigenvalue weighted by Gasteiger charge is -2.09. The van der Waals surface area contributed by atoms with E-state index in [0.717, 1.165) is 48.4 Å². The zero-order valence-electron chi connectivity index (χ0n) is 16.7. The zero-order chi connectivity index (χ0) is 20.5. The Balaban J connectivity index is 1.41. The van der Waals surface area contributed by atoms with Gasteiger partial charge in [-0.1, -0.05) is 30.7 Å². The number of nitrogens with zero attached hydrogens (tertiary/aromatic N) is 3.